The third kappa shape index (κ3) is 6.88. The maximum atomic E-state index is 13.2. The van der Waals surface area contributed by atoms with Crippen LogP contribution in [0.15, 0.2) is 91.1 Å². The van der Waals surface area contributed by atoms with Crippen molar-refractivity contribution in [1.29, 1.82) is 0 Å². The molecule has 5 aromatic rings. The first-order chi connectivity index (χ1) is 23.5. The van der Waals surface area contributed by atoms with Crippen molar-refractivity contribution in [2.24, 2.45) is 0 Å². The Morgan fingerprint density at radius 2 is 1.69 bits per heavy atom. The zero-order chi connectivity index (χ0) is 33.0. The van der Waals surface area contributed by atoms with Crippen molar-refractivity contribution >= 4 is 22.6 Å². The van der Waals surface area contributed by atoms with Crippen molar-refractivity contribution in [3.05, 3.63) is 125 Å². The lowest BCUT2D eigenvalue weighted by atomic mass is 9.97. The second kappa shape index (κ2) is 14.1. The molecular formula is C38H38N4O6. The van der Waals surface area contributed by atoms with E-state index in [1.807, 2.05) is 72.8 Å². The molecule has 2 aliphatic heterocycles. The van der Waals surface area contributed by atoms with Crippen LogP contribution in [0.3, 0.4) is 0 Å². The van der Waals surface area contributed by atoms with Crippen LogP contribution in [0.4, 0.5) is 5.69 Å². The molecule has 2 N–H and O–H groups in total. The van der Waals surface area contributed by atoms with Gasteiger partial charge < -0.3 is 29.4 Å². The smallest absolute Gasteiger partial charge is 0.275 e. The molecule has 3 atom stereocenters. The van der Waals surface area contributed by atoms with Gasteiger partial charge in [-0.2, -0.15) is 0 Å². The fourth-order valence-corrected chi connectivity index (χ4v) is 6.44. The zero-order valence-corrected chi connectivity index (χ0v) is 27.0. The van der Waals surface area contributed by atoms with E-state index in [9.17, 15) is 9.90 Å². The summed E-state index contributed by atoms with van der Waals surface area (Å²) in [5.74, 6) is 1.13. The number of amides is 1. The highest BCUT2D eigenvalue weighted by molar-refractivity contribution is 6.03. The van der Waals surface area contributed by atoms with Crippen LogP contribution >= 0.6 is 0 Å². The largest absolute Gasteiger partial charge is 0.493 e. The van der Waals surface area contributed by atoms with Gasteiger partial charge in [0.05, 0.1) is 50.3 Å². The average molecular weight is 647 g/mol. The molecule has 1 amide bonds. The van der Waals surface area contributed by atoms with Gasteiger partial charge in [-0.25, -0.2) is 4.98 Å². The normalized spacial score (nSPS) is 19.4. The minimum atomic E-state index is -0.662. The molecule has 0 saturated carbocycles. The third-order valence-electron chi connectivity index (χ3n) is 8.97. The number of methoxy groups -OCH3 is 2. The van der Waals surface area contributed by atoms with Crippen molar-refractivity contribution in [2.45, 2.75) is 44.5 Å². The van der Waals surface area contributed by atoms with Crippen LogP contribution in [0.2, 0.25) is 0 Å². The summed E-state index contributed by atoms with van der Waals surface area (Å²) in [4.78, 5) is 24.4. The van der Waals surface area contributed by atoms with E-state index in [0.717, 1.165) is 59.8 Å². The number of carbonyl (C=O) groups is 1. The van der Waals surface area contributed by atoms with Crippen molar-refractivity contribution in [3.63, 3.8) is 0 Å². The van der Waals surface area contributed by atoms with Crippen molar-refractivity contribution in [2.75, 3.05) is 32.6 Å². The van der Waals surface area contributed by atoms with Crippen molar-refractivity contribution in [3.8, 4) is 11.5 Å². The van der Waals surface area contributed by atoms with E-state index in [2.05, 4.69) is 32.3 Å². The van der Waals surface area contributed by atoms with Crippen molar-refractivity contribution in [1.82, 2.24) is 14.9 Å². The number of benzene rings is 4. The standard InChI is InChI=1S/C38H38N4O6/c1-45-35-17-26-14-15-42(21-28(26)18-36(35)46-2)22-30-19-34(25-12-10-24(23-43)11-13-25)48-38(47-30)27-6-5-7-29(16-27)40-37(44)33-20-39-31-8-3-4-9-32(31)41-33/h3-13,16-18,20,30,34,38,43H,14-15,19,21-23H2,1-2H3,(H,40,44). The Morgan fingerprint density at radius 3 is 2.46 bits per heavy atom. The SMILES string of the molecule is COc1cc2c(cc1OC)CN(CC1CC(c3ccc(CO)cc3)OC(c3cccc(NC(=O)c4cnc5ccccc5n4)c3)O1)CC2. The van der Waals surface area contributed by atoms with Crippen LogP contribution in [0.1, 0.15) is 57.1 Å². The molecule has 3 unspecified atom stereocenters. The summed E-state index contributed by atoms with van der Waals surface area (Å²) in [6.45, 7) is 2.37. The second-order valence-electron chi connectivity index (χ2n) is 12.1. The minimum absolute atomic E-state index is 0.0173. The molecule has 4 aromatic carbocycles. The van der Waals surface area contributed by atoms with Gasteiger partial charge in [-0.1, -0.05) is 48.5 Å². The molecule has 3 heterocycles. The van der Waals surface area contributed by atoms with Crippen LogP contribution in [-0.4, -0.2) is 59.3 Å². The number of aromatic nitrogens is 2. The maximum absolute atomic E-state index is 13.2. The Hall–Kier alpha value is -4.87. The van der Waals surface area contributed by atoms with Gasteiger partial charge in [0, 0.05) is 37.3 Å². The topological polar surface area (TPSA) is 115 Å². The van der Waals surface area contributed by atoms with E-state index in [-0.39, 0.29) is 30.4 Å². The number of ether oxygens (including phenoxy) is 4. The molecule has 48 heavy (non-hydrogen) atoms. The van der Waals surface area contributed by atoms with E-state index in [0.29, 0.717) is 17.6 Å². The van der Waals surface area contributed by atoms with E-state index in [4.69, 9.17) is 18.9 Å². The van der Waals surface area contributed by atoms with Crippen LogP contribution in [0.25, 0.3) is 11.0 Å². The quantitative estimate of drug-likeness (QED) is 0.199. The first-order valence-electron chi connectivity index (χ1n) is 16.1. The van der Waals surface area contributed by atoms with E-state index in [1.165, 1.54) is 17.3 Å². The number of rotatable bonds is 9. The summed E-state index contributed by atoms with van der Waals surface area (Å²) in [6, 6.07) is 27.0. The Labute approximate surface area is 279 Å². The third-order valence-corrected chi connectivity index (χ3v) is 8.97. The van der Waals surface area contributed by atoms with Gasteiger partial charge in [0.15, 0.2) is 17.8 Å². The van der Waals surface area contributed by atoms with Crippen LogP contribution < -0.4 is 14.8 Å². The van der Waals surface area contributed by atoms with Crippen LogP contribution in [-0.2, 0) is 29.0 Å². The molecule has 10 heteroatoms. The molecular weight excluding hydrogens is 608 g/mol. The van der Waals surface area contributed by atoms with Gasteiger partial charge in [-0.15, -0.1) is 0 Å². The summed E-state index contributed by atoms with van der Waals surface area (Å²) in [5.41, 5.74) is 7.36. The first-order valence-corrected chi connectivity index (χ1v) is 16.1. The summed E-state index contributed by atoms with van der Waals surface area (Å²) >= 11 is 0. The highest BCUT2D eigenvalue weighted by atomic mass is 16.7. The molecule has 7 rings (SSSR count). The van der Waals surface area contributed by atoms with Crippen LogP contribution in [0, 0.1) is 0 Å². The summed E-state index contributed by atoms with van der Waals surface area (Å²) in [7, 11) is 3.32. The molecule has 246 valence electrons. The molecule has 1 saturated heterocycles. The van der Waals surface area contributed by atoms with Gasteiger partial charge in [0.25, 0.3) is 5.91 Å². The summed E-state index contributed by atoms with van der Waals surface area (Å²) < 4.78 is 24.3. The van der Waals surface area contributed by atoms with Gasteiger partial charge in [-0.3, -0.25) is 14.7 Å². The molecule has 10 nitrogen and oxygen atoms in total. The number of anilines is 1. The zero-order valence-electron chi connectivity index (χ0n) is 27.0. The second-order valence-corrected chi connectivity index (χ2v) is 12.1. The van der Waals surface area contributed by atoms with Gasteiger partial charge in [0.1, 0.15) is 5.69 Å². The fraction of sp³-hybridized carbons (Fsp3) is 0.289. The number of fused-ring (bicyclic) bond motifs is 2. The number of para-hydroxylation sites is 2. The number of aliphatic hydroxyl groups excluding tert-OH is 1. The van der Waals surface area contributed by atoms with E-state index >= 15 is 0 Å². The van der Waals surface area contributed by atoms with E-state index < -0.39 is 6.29 Å². The summed E-state index contributed by atoms with van der Waals surface area (Å²) in [6.07, 6.45) is 2.04. The predicted octanol–water partition coefficient (Wildman–Crippen LogP) is 6.00. The fourth-order valence-electron chi connectivity index (χ4n) is 6.44. The molecule has 2 aliphatic rings. The minimum Gasteiger partial charge on any atom is -0.493 e. The lowest BCUT2D eigenvalue weighted by molar-refractivity contribution is -0.253. The Bertz CT molecular complexity index is 1920. The van der Waals surface area contributed by atoms with Crippen LogP contribution in [0.5, 0.6) is 11.5 Å². The molecule has 1 aromatic heterocycles. The van der Waals surface area contributed by atoms with Gasteiger partial charge in [-0.05, 0) is 65.1 Å². The number of hydrogen-bond donors (Lipinski definition) is 2. The van der Waals surface area contributed by atoms with Gasteiger partial charge >= 0.3 is 0 Å². The van der Waals surface area contributed by atoms with Gasteiger partial charge in [0.2, 0.25) is 0 Å². The molecule has 0 radical (unpaired) electrons. The molecule has 0 spiro atoms. The van der Waals surface area contributed by atoms with Crippen molar-refractivity contribution < 1.29 is 28.8 Å². The number of carbonyl (C=O) groups excluding carboxylic acids is 1. The molecule has 0 bridgehead atoms. The number of hydrogen-bond acceptors (Lipinski definition) is 9. The highest BCUT2D eigenvalue weighted by Gasteiger charge is 2.34. The maximum Gasteiger partial charge on any atom is 0.275 e. The number of nitrogens with zero attached hydrogens (tertiary/aromatic N) is 3. The lowest BCUT2D eigenvalue weighted by Gasteiger charge is -2.39. The highest BCUT2D eigenvalue weighted by Crippen LogP contribution is 2.40. The number of nitrogens with one attached hydrogen (secondary N) is 1. The average Bonchev–Trinajstić information content (AvgIpc) is 3.14. The monoisotopic (exact) mass is 646 g/mol. The Balaban J connectivity index is 1.10. The first kappa shape index (κ1) is 31.7. The predicted molar refractivity (Wildman–Crippen MR) is 181 cm³/mol. The molecule has 0 aliphatic carbocycles. The Kier molecular flexibility index (Phi) is 9.31. The molecule has 1 fully saturated rings. The number of aliphatic hydroxyl groups is 1. The summed E-state index contributed by atoms with van der Waals surface area (Å²) in [5, 5.41) is 12.5. The Morgan fingerprint density at radius 1 is 0.917 bits per heavy atom. The van der Waals surface area contributed by atoms with E-state index in [1.54, 1.807) is 14.2 Å². The lowest BCUT2D eigenvalue weighted by Crippen LogP contribution is -2.41.